The number of halogens is 1. The van der Waals surface area contributed by atoms with Gasteiger partial charge in [0.1, 0.15) is 5.82 Å². The van der Waals surface area contributed by atoms with E-state index in [1.807, 2.05) is 30.3 Å². The van der Waals surface area contributed by atoms with Gasteiger partial charge in [0.25, 0.3) is 0 Å². The highest BCUT2D eigenvalue weighted by Crippen LogP contribution is 2.09. The van der Waals surface area contributed by atoms with Gasteiger partial charge < -0.3 is 16.3 Å². The first-order valence-electron chi connectivity index (χ1n) is 6.21. The molecule has 0 radical (unpaired) electrons. The lowest BCUT2D eigenvalue weighted by atomic mass is 10.1. The van der Waals surface area contributed by atoms with E-state index >= 15 is 0 Å². The number of hydrogen-bond acceptors (Lipinski definition) is 3. The van der Waals surface area contributed by atoms with Crippen molar-refractivity contribution in [1.29, 1.82) is 0 Å². The van der Waals surface area contributed by atoms with E-state index in [0.717, 1.165) is 11.1 Å². The third-order valence-electron chi connectivity index (χ3n) is 2.86. The van der Waals surface area contributed by atoms with Crippen LogP contribution in [0.15, 0.2) is 53.7 Å². The lowest BCUT2D eigenvalue weighted by molar-refractivity contribution is 0.318. The van der Waals surface area contributed by atoms with Crippen molar-refractivity contribution in [3.8, 4) is 0 Å². The molecule has 0 spiro atoms. The summed E-state index contributed by atoms with van der Waals surface area (Å²) < 4.78 is 13.5. The zero-order valence-corrected chi connectivity index (χ0v) is 10.9. The molecule has 4 N–H and O–H groups in total. The van der Waals surface area contributed by atoms with Crippen molar-refractivity contribution in [3.63, 3.8) is 0 Å². The number of nitrogens with two attached hydrogens (primary N) is 1. The van der Waals surface area contributed by atoms with Gasteiger partial charge in [0.05, 0.1) is 0 Å². The summed E-state index contributed by atoms with van der Waals surface area (Å²) in [6, 6.07) is 14.3. The van der Waals surface area contributed by atoms with Crippen molar-refractivity contribution in [2.75, 3.05) is 0 Å². The molecule has 0 amide bonds. The van der Waals surface area contributed by atoms with Crippen molar-refractivity contribution < 1.29 is 9.60 Å². The lowest BCUT2D eigenvalue weighted by Gasteiger charge is -2.07. The number of amidine groups is 1. The van der Waals surface area contributed by atoms with E-state index in [9.17, 15) is 4.39 Å². The zero-order valence-electron chi connectivity index (χ0n) is 10.9. The van der Waals surface area contributed by atoms with Crippen LogP contribution in [0.4, 0.5) is 4.39 Å². The van der Waals surface area contributed by atoms with E-state index in [2.05, 4.69) is 10.5 Å². The average Bonchev–Trinajstić information content (AvgIpc) is 2.47. The Bertz CT molecular complexity index is 599. The first-order chi connectivity index (χ1) is 9.69. The van der Waals surface area contributed by atoms with E-state index < -0.39 is 5.82 Å². The van der Waals surface area contributed by atoms with E-state index in [4.69, 9.17) is 10.9 Å². The molecule has 0 aliphatic heterocycles. The highest BCUT2D eigenvalue weighted by Gasteiger charge is 2.04. The molecule has 0 fully saturated rings. The van der Waals surface area contributed by atoms with Crippen LogP contribution in [0.3, 0.4) is 0 Å². The maximum atomic E-state index is 13.5. The Morgan fingerprint density at radius 1 is 1.10 bits per heavy atom. The number of nitrogens with zero attached hydrogens (tertiary/aromatic N) is 1. The van der Waals surface area contributed by atoms with Gasteiger partial charge in [0.15, 0.2) is 5.84 Å². The molecule has 2 aromatic rings. The Kier molecular flexibility index (Phi) is 4.68. The van der Waals surface area contributed by atoms with Crippen LogP contribution in [0.25, 0.3) is 0 Å². The number of benzene rings is 2. The highest BCUT2D eigenvalue weighted by atomic mass is 19.1. The smallest absolute Gasteiger partial charge is 0.170 e. The molecule has 0 aliphatic carbocycles. The third-order valence-corrected chi connectivity index (χ3v) is 2.86. The predicted octanol–water partition coefficient (Wildman–Crippen LogP) is 2.21. The minimum atomic E-state index is -0.411. The maximum absolute atomic E-state index is 13.5. The summed E-state index contributed by atoms with van der Waals surface area (Å²) in [6.07, 6.45) is 0. The van der Waals surface area contributed by atoms with Crippen LogP contribution in [0.2, 0.25) is 0 Å². The SMILES string of the molecule is N/C(=N/O)c1cc(F)cc(CNCc2ccccc2)c1. The highest BCUT2D eigenvalue weighted by molar-refractivity contribution is 5.97. The van der Waals surface area contributed by atoms with E-state index in [1.165, 1.54) is 12.1 Å². The maximum Gasteiger partial charge on any atom is 0.170 e. The summed E-state index contributed by atoms with van der Waals surface area (Å²) in [5.74, 6) is -0.514. The minimum Gasteiger partial charge on any atom is -0.409 e. The number of rotatable bonds is 5. The third kappa shape index (κ3) is 3.80. The van der Waals surface area contributed by atoms with Crippen LogP contribution >= 0.6 is 0 Å². The first kappa shape index (κ1) is 14.0. The molecule has 0 aromatic heterocycles. The fraction of sp³-hybridized carbons (Fsp3) is 0.133. The summed E-state index contributed by atoms with van der Waals surface area (Å²) in [7, 11) is 0. The molecule has 0 heterocycles. The second-order valence-corrected chi connectivity index (χ2v) is 4.42. The molecule has 20 heavy (non-hydrogen) atoms. The van der Waals surface area contributed by atoms with Crippen LogP contribution in [0.5, 0.6) is 0 Å². The topological polar surface area (TPSA) is 70.6 Å². The molecule has 0 bridgehead atoms. The molecular formula is C15H16FN3O. The molecule has 0 aliphatic rings. The van der Waals surface area contributed by atoms with Crippen LogP contribution in [0.1, 0.15) is 16.7 Å². The van der Waals surface area contributed by atoms with E-state index in [0.29, 0.717) is 18.7 Å². The lowest BCUT2D eigenvalue weighted by Crippen LogP contribution is -2.16. The van der Waals surface area contributed by atoms with Crippen LogP contribution < -0.4 is 11.1 Å². The van der Waals surface area contributed by atoms with Gasteiger partial charge >= 0.3 is 0 Å². The largest absolute Gasteiger partial charge is 0.409 e. The van der Waals surface area contributed by atoms with Gasteiger partial charge in [-0.2, -0.15) is 0 Å². The summed E-state index contributed by atoms with van der Waals surface area (Å²) in [6.45, 7) is 1.19. The second-order valence-electron chi connectivity index (χ2n) is 4.42. The molecule has 0 atom stereocenters. The molecule has 2 rings (SSSR count). The molecule has 2 aromatic carbocycles. The molecule has 0 unspecified atom stereocenters. The first-order valence-corrected chi connectivity index (χ1v) is 6.21. The Balaban J connectivity index is 2.01. The van der Waals surface area contributed by atoms with Crippen molar-refractivity contribution in [1.82, 2.24) is 5.32 Å². The minimum absolute atomic E-state index is 0.103. The van der Waals surface area contributed by atoms with Gasteiger partial charge in [-0.25, -0.2) is 4.39 Å². The average molecular weight is 273 g/mol. The predicted molar refractivity (Wildman–Crippen MR) is 75.9 cm³/mol. The van der Waals surface area contributed by atoms with Gasteiger partial charge in [-0.3, -0.25) is 0 Å². The van der Waals surface area contributed by atoms with Crippen LogP contribution in [-0.2, 0) is 13.1 Å². The molecule has 104 valence electrons. The molecular weight excluding hydrogens is 257 g/mol. The molecule has 0 saturated heterocycles. The number of oxime groups is 1. The summed E-state index contributed by atoms with van der Waals surface area (Å²) in [5, 5.41) is 14.7. The number of hydrogen-bond donors (Lipinski definition) is 3. The van der Waals surface area contributed by atoms with Gasteiger partial charge in [-0.05, 0) is 29.3 Å². The van der Waals surface area contributed by atoms with Gasteiger partial charge in [0.2, 0.25) is 0 Å². The van der Waals surface area contributed by atoms with Crippen molar-refractivity contribution in [2.45, 2.75) is 13.1 Å². The Hall–Kier alpha value is -2.40. The van der Waals surface area contributed by atoms with Crippen molar-refractivity contribution in [2.24, 2.45) is 10.9 Å². The second kappa shape index (κ2) is 6.68. The van der Waals surface area contributed by atoms with Crippen molar-refractivity contribution >= 4 is 5.84 Å². The molecule has 4 nitrogen and oxygen atoms in total. The van der Waals surface area contributed by atoms with Crippen LogP contribution in [0, 0.1) is 5.82 Å². The normalized spacial score (nSPS) is 11.6. The Labute approximate surface area is 116 Å². The summed E-state index contributed by atoms with van der Waals surface area (Å²) >= 11 is 0. The van der Waals surface area contributed by atoms with E-state index in [1.54, 1.807) is 6.07 Å². The molecule has 5 heteroatoms. The summed E-state index contributed by atoms with van der Waals surface area (Å²) in [4.78, 5) is 0. The van der Waals surface area contributed by atoms with Gasteiger partial charge in [0, 0.05) is 18.7 Å². The Morgan fingerprint density at radius 2 is 1.80 bits per heavy atom. The fourth-order valence-electron chi connectivity index (χ4n) is 1.91. The standard InChI is InChI=1S/C15H16FN3O/c16-14-7-12(6-13(8-14)15(17)19-20)10-18-9-11-4-2-1-3-5-11/h1-8,18,20H,9-10H2,(H2,17,19). The quantitative estimate of drug-likeness (QED) is 0.338. The van der Waals surface area contributed by atoms with Gasteiger partial charge in [-0.1, -0.05) is 35.5 Å². The Morgan fingerprint density at radius 3 is 2.50 bits per heavy atom. The van der Waals surface area contributed by atoms with Crippen LogP contribution in [-0.4, -0.2) is 11.0 Å². The van der Waals surface area contributed by atoms with Crippen molar-refractivity contribution in [3.05, 3.63) is 71.0 Å². The van der Waals surface area contributed by atoms with Gasteiger partial charge in [-0.15, -0.1) is 0 Å². The fourth-order valence-corrected chi connectivity index (χ4v) is 1.91. The van der Waals surface area contributed by atoms with E-state index in [-0.39, 0.29) is 5.84 Å². The monoisotopic (exact) mass is 273 g/mol. The summed E-state index contributed by atoms with van der Waals surface area (Å²) in [5.41, 5.74) is 7.72. The zero-order chi connectivity index (χ0) is 14.4. The molecule has 0 saturated carbocycles. The number of nitrogens with one attached hydrogen (secondary N) is 1.